The maximum absolute atomic E-state index is 12.9. The molecule has 144 valence electrons. The maximum Gasteiger partial charge on any atom is 0.240 e. The molecule has 2 aliphatic rings. The highest BCUT2D eigenvalue weighted by Crippen LogP contribution is 2.20. The second-order valence-corrected chi connectivity index (χ2v) is 7.53. The zero-order valence-electron chi connectivity index (χ0n) is 15.6. The molecular weight excluding hydrogens is 334 g/mol. The Hall–Kier alpha value is -2.14. The van der Waals surface area contributed by atoms with Crippen LogP contribution in [0.4, 0.5) is 0 Å². The van der Waals surface area contributed by atoms with Crippen molar-refractivity contribution in [1.82, 2.24) is 15.1 Å². The van der Waals surface area contributed by atoms with Crippen LogP contribution < -0.4 is 11.1 Å². The molecular formula is C18H29N5O3. The van der Waals surface area contributed by atoms with Gasteiger partial charge in [-0.3, -0.25) is 19.7 Å². The minimum absolute atomic E-state index is 0.0103. The van der Waals surface area contributed by atoms with E-state index in [1.807, 2.05) is 13.8 Å². The number of nitrogens with zero attached hydrogens (tertiary/aromatic N) is 3. The third-order valence-electron chi connectivity index (χ3n) is 5.09. The van der Waals surface area contributed by atoms with Crippen molar-refractivity contribution in [3.05, 3.63) is 0 Å². The summed E-state index contributed by atoms with van der Waals surface area (Å²) in [5.41, 5.74) is 5.42. The number of nitrogens with two attached hydrogens (primary N) is 1. The van der Waals surface area contributed by atoms with Gasteiger partial charge in [-0.25, -0.2) is 0 Å². The first-order valence-electron chi connectivity index (χ1n) is 9.37. The second-order valence-electron chi connectivity index (χ2n) is 7.53. The van der Waals surface area contributed by atoms with E-state index in [1.165, 1.54) is 0 Å². The van der Waals surface area contributed by atoms with Crippen molar-refractivity contribution in [3.63, 3.8) is 0 Å². The van der Waals surface area contributed by atoms with Crippen molar-refractivity contribution in [2.45, 2.75) is 64.1 Å². The number of hydrogen-bond acceptors (Lipinski definition) is 5. The maximum atomic E-state index is 12.9. The van der Waals surface area contributed by atoms with Gasteiger partial charge < -0.3 is 15.5 Å². The number of rotatable bonds is 7. The SMILES string of the molecule is CC(C)CC(NCC(=O)N1CCC[C@H]1C#N)C(=O)N1CCC[C@H]1C(N)=O. The molecule has 0 aliphatic carbocycles. The number of likely N-dealkylation sites (tertiary alicyclic amines) is 2. The molecule has 0 bridgehead atoms. The van der Waals surface area contributed by atoms with Crippen molar-refractivity contribution in [2.75, 3.05) is 19.6 Å². The summed E-state index contributed by atoms with van der Waals surface area (Å²) >= 11 is 0. The van der Waals surface area contributed by atoms with Crippen LogP contribution >= 0.6 is 0 Å². The minimum atomic E-state index is -0.559. The Morgan fingerprint density at radius 3 is 2.46 bits per heavy atom. The highest BCUT2D eigenvalue weighted by molar-refractivity contribution is 5.90. The van der Waals surface area contributed by atoms with Gasteiger partial charge in [0.2, 0.25) is 17.7 Å². The molecule has 0 aromatic heterocycles. The summed E-state index contributed by atoms with van der Waals surface area (Å²) in [6, 6.07) is 0.679. The van der Waals surface area contributed by atoms with Gasteiger partial charge in [0.05, 0.1) is 18.7 Å². The molecule has 8 heteroatoms. The van der Waals surface area contributed by atoms with Crippen LogP contribution in [0.15, 0.2) is 0 Å². The normalized spacial score (nSPS) is 23.9. The average molecular weight is 363 g/mol. The van der Waals surface area contributed by atoms with E-state index < -0.39 is 18.0 Å². The zero-order valence-corrected chi connectivity index (χ0v) is 15.6. The van der Waals surface area contributed by atoms with Gasteiger partial charge in [0, 0.05) is 13.1 Å². The second kappa shape index (κ2) is 8.99. The molecule has 2 aliphatic heterocycles. The van der Waals surface area contributed by atoms with E-state index in [-0.39, 0.29) is 30.3 Å². The Morgan fingerprint density at radius 1 is 1.19 bits per heavy atom. The fourth-order valence-electron chi connectivity index (χ4n) is 3.78. The van der Waals surface area contributed by atoms with Crippen LogP contribution in [0.1, 0.15) is 46.0 Å². The Morgan fingerprint density at radius 2 is 1.85 bits per heavy atom. The van der Waals surface area contributed by atoms with E-state index in [0.717, 1.165) is 12.8 Å². The third-order valence-corrected chi connectivity index (χ3v) is 5.09. The van der Waals surface area contributed by atoms with Crippen molar-refractivity contribution in [1.29, 1.82) is 5.26 Å². The first-order valence-corrected chi connectivity index (χ1v) is 9.37. The van der Waals surface area contributed by atoms with Gasteiger partial charge in [-0.05, 0) is 38.0 Å². The van der Waals surface area contributed by atoms with E-state index in [9.17, 15) is 14.4 Å². The molecule has 8 nitrogen and oxygen atoms in total. The van der Waals surface area contributed by atoms with Gasteiger partial charge in [0.1, 0.15) is 12.1 Å². The topological polar surface area (TPSA) is 120 Å². The highest BCUT2D eigenvalue weighted by Gasteiger charge is 2.36. The lowest BCUT2D eigenvalue weighted by Gasteiger charge is -2.29. The Labute approximate surface area is 154 Å². The van der Waals surface area contributed by atoms with Gasteiger partial charge >= 0.3 is 0 Å². The summed E-state index contributed by atoms with van der Waals surface area (Å²) < 4.78 is 0. The smallest absolute Gasteiger partial charge is 0.240 e. The number of carbonyl (C=O) groups is 3. The van der Waals surface area contributed by atoms with Crippen molar-refractivity contribution in [3.8, 4) is 6.07 Å². The summed E-state index contributed by atoms with van der Waals surface area (Å²) in [5, 5.41) is 12.2. The molecule has 0 saturated carbocycles. The number of nitriles is 1. The molecule has 3 N–H and O–H groups in total. The summed E-state index contributed by atoms with van der Waals surface area (Å²) in [6.45, 7) is 5.12. The number of carbonyl (C=O) groups excluding carboxylic acids is 3. The molecule has 2 saturated heterocycles. The van der Waals surface area contributed by atoms with E-state index in [1.54, 1.807) is 9.80 Å². The number of primary amides is 1. The predicted octanol–water partition coefficient (Wildman–Crippen LogP) is -0.0184. The van der Waals surface area contributed by atoms with Crippen molar-refractivity contribution < 1.29 is 14.4 Å². The highest BCUT2D eigenvalue weighted by atomic mass is 16.2. The molecule has 26 heavy (non-hydrogen) atoms. The van der Waals surface area contributed by atoms with E-state index >= 15 is 0 Å². The average Bonchev–Trinajstić information content (AvgIpc) is 3.25. The summed E-state index contributed by atoms with van der Waals surface area (Å²) in [6.07, 6.45) is 3.43. The number of nitrogens with one attached hydrogen (secondary N) is 1. The predicted molar refractivity (Wildman–Crippen MR) is 95.5 cm³/mol. The van der Waals surface area contributed by atoms with Gasteiger partial charge in [0.15, 0.2) is 0 Å². The lowest BCUT2D eigenvalue weighted by atomic mass is 10.0. The van der Waals surface area contributed by atoms with Gasteiger partial charge in [-0.2, -0.15) is 5.26 Å². The lowest BCUT2D eigenvalue weighted by molar-refractivity contribution is -0.139. The van der Waals surface area contributed by atoms with Gasteiger partial charge in [-0.1, -0.05) is 13.8 Å². The Bertz CT molecular complexity index is 586. The fourth-order valence-corrected chi connectivity index (χ4v) is 3.78. The fraction of sp³-hybridized carbons (Fsp3) is 0.778. The van der Waals surface area contributed by atoms with Gasteiger partial charge in [-0.15, -0.1) is 0 Å². The molecule has 0 radical (unpaired) electrons. The van der Waals surface area contributed by atoms with Crippen LogP contribution in [0.5, 0.6) is 0 Å². The van der Waals surface area contributed by atoms with Crippen LogP contribution in [0.25, 0.3) is 0 Å². The quantitative estimate of drug-likeness (QED) is 0.659. The molecule has 0 spiro atoms. The molecule has 0 aromatic rings. The molecule has 0 aromatic carbocycles. The third kappa shape index (κ3) is 4.73. The monoisotopic (exact) mass is 363 g/mol. The molecule has 2 heterocycles. The first-order chi connectivity index (χ1) is 12.3. The Kier molecular flexibility index (Phi) is 6.98. The largest absolute Gasteiger partial charge is 0.368 e. The van der Waals surface area contributed by atoms with Crippen LogP contribution in [-0.2, 0) is 14.4 Å². The zero-order chi connectivity index (χ0) is 19.3. The standard InChI is InChI=1S/C18H29N5O3/c1-12(2)9-14(18(26)23-8-4-6-15(23)17(20)25)21-11-16(24)22-7-3-5-13(22)10-19/h12-15,21H,3-9,11H2,1-2H3,(H2,20,25)/t13-,14?,15-/m0/s1. The molecule has 1 unspecified atom stereocenters. The first kappa shape index (κ1) is 20.2. The summed E-state index contributed by atoms with van der Waals surface area (Å²) in [5.74, 6) is -0.571. The van der Waals surface area contributed by atoms with Gasteiger partial charge in [0.25, 0.3) is 0 Å². The summed E-state index contributed by atoms with van der Waals surface area (Å²) in [7, 11) is 0. The number of hydrogen-bond donors (Lipinski definition) is 2. The van der Waals surface area contributed by atoms with E-state index in [4.69, 9.17) is 11.0 Å². The minimum Gasteiger partial charge on any atom is -0.368 e. The van der Waals surface area contributed by atoms with Crippen LogP contribution in [0, 0.1) is 17.2 Å². The van der Waals surface area contributed by atoms with Crippen molar-refractivity contribution >= 4 is 17.7 Å². The van der Waals surface area contributed by atoms with E-state index in [2.05, 4.69) is 11.4 Å². The molecule has 3 atom stereocenters. The van der Waals surface area contributed by atoms with Crippen LogP contribution in [-0.4, -0.2) is 65.3 Å². The molecule has 2 fully saturated rings. The van der Waals surface area contributed by atoms with Crippen LogP contribution in [0.3, 0.4) is 0 Å². The number of amides is 3. The molecule has 2 rings (SSSR count). The lowest BCUT2D eigenvalue weighted by Crippen LogP contribution is -2.53. The Balaban J connectivity index is 2.00. The molecule has 3 amide bonds. The van der Waals surface area contributed by atoms with Crippen molar-refractivity contribution in [2.24, 2.45) is 11.7 Å². The van der Waals surface area contributed by atoms with Crippen LogP contribution in [0.2, 0.25) is 0 Å². The van der Waals surface area contributed by atoms with E-state index in [0.29, 0.717) is 32.4 Å². The summed E-state index contributed by atoms with van der Waals surface area (Å²) in [4.78, 5) is 40.1.